The molecule has 0 aliphatic rings. The lowest BCUT2D eigenvalue weighted by Gasteiger charge is -1.97. The van der Waals surface area contributed by atoms with E-state index in [1.807, 2.05) is 48.7 Å². The highest BCUT2D eigenvalue weighted by Crippen LogP contribution is 2.23. The maximum Gasteiger partial charge on any atom is 0.200 e. The van der Waals surface area contributed by atoms with E-state index in [0.717, 1.165) is 22.7 Å². The van der Waals surface area contributed by atoms with E-state index in [4.69, 9.17) is 4.74 Å². The number of nitrogens with one attached hydrogen (secondary N) is 2. The highest BCUT2D eigenvalue weighted by molar-refractivity contribution is 5.81. The Bertz CT molecular complexity index is 533. The summed E-state index contributed by atoms with van der Waals surface area (Å²) >= 11 is 0. The van der Waals surface area contributed by atoms with Crippen LogP contribution >= 0.6 is 0 Å². The third-order valence-corrected chi connectivity index (χ3v) is 2.29. The minimum Gasteiger partial charge on any atom is -0.425 e. The van der Waals surface area contributed by atoms with Crippen LogP contribution in [0.3, 0.4) is 0 Å². The first-order valence-corrected chi connectivity index (χ1v) is 4.81. The number of H-pyrrole nitrogens is 2. The predicted molar refractivity (Wildman–Crippen MR) is 59.2 cm³/mol. The van der Waals surface area contributed by atoms with Gasteiger partial charge in [-0.25, -0.2) is 0 Å². The van der Waals surface area contributed by atoms with Crippen molar-refractivity contribution >= 4 is 10.9 Å². The van der Waals surface area contributed by atoms with Crippen molar-refractivity contribution in [1.82, 2.24) is 9.97 Å². The summed E-state index contributed by atoms with van der Waals surface area (Å²) in [6.07, 6.45) is 1.83. The highest BCUT2D eigenvalue weighted by Gasteiger charge is 2.01. The molecular weight excluding hydrogens is 188 g/mol. The first-order valence-electron chi connectivity index (χ1n) is 4.81. The predicted octanol–water partition coefficient (Wildman–Crippen LogP) is 3.29. The topological polar surface area (TPSA) is 40.8 Å². The van der Waals surface area contributed by atoms with E-state index in [2.05, 4.69) is 9.97 Å². The largest absolute Gasteiger partial charge is 0.425 e. The van der Waals surface area contributed by atoms with Crippen LogP contribution in [-0.2, 0) is 0 Å². The lowest BCUT2D eigenvalue weighted by Crippen LogP contribution is -1.82. The number of hydrogen-bond acceptors (Lipinski definition) is 1. The second-order valence-electron chi connectivity index (χ2n) is 3.36. The molecule has 0 spiro atoms. The Hall–Kier alpha value is -2.16. The third-order valence-electron chi connectivity index (χ3n) is 2.29. The summed E-state index contributed by atoms with van der Waals surface area (Å²) in [6, 6.07) is 13.8. The number of aromatic amines is 2. The molecule has 2 N–H and O–H groups in total. The lowest BCUT2D eigenvalue weighted by atomic mass is 10.3. The average Bonchev–Trinajstić information content (AvgIpc) is 2.86. The quantitative estimate of drug-likeness (QED) is 0.651. The van der Waals surface area contributed by atoms with Gasteiger partial charge in [0.25, 0.3) is 0 Å². The van der Waals surface area contributed by atoms with E-state index in [-0.39, 0.29) is 0 Å². The van der Waals surface area contributed by atoms with Gasteiger partial charge in [0.15, 0.2) is 11.8 Å². The molecule has 3 nitrogen and oxygen atoms in total. The van der Waals surface area contributed by atoms with Gasteiger partial charge in [-0.15, -0.1) is 0 Å². The van der Waals surface area contributed by atoms with E-state index in [1.54, 1.807) is 0 Å². The monoisotopic (exact) mass is 198 g/mol. The number of fused-ring (bicyclic) bond motifs is 1. The smallest absolute Gasteiger partial charge is 0.200 e. The number of benzene rings is 1. The molecule has 0 amide bonds. The van der Waals surface area contributed by atoms with E-state index >= 15 is 0 Å². The van der Waals surface area contributed by atoms with Crippen LogP contribution in [0, 0.1) is 0 Å². The highest BCUT2D eigenvalue weighted by atomic mass is 16.5. The first kappa shape index (κ1) is 8.17. The fourth-order valence-electron chi connectivity index (χ4n) is 1.60. The Morgan fingerprint density at radius 2 is 1.87 bits per heavy atom. The summed E-state index contributed by atoms with van der Waals surface area (Å²) in [5.74, 6) is 1.49. The van der Waals surface area contributed by atoms with Crippen LogP contribution in [0.1, 0.15) is 0 Å². The second-order valence-corrected chi connectivity index (χ2v) is 3.36. The van der Waals surface area contributed by atoms with E-state index in [9.17, 15) is 0 Å². The zero-order valence-electron chi connectivity index (χ0n) is 8.03. The van der Waals surface area contributed by atoms with Crippen LogP contribution in [0.15, 0.2) is 48.7 Å². The van der Waals surface area contributed by atoms with Gasteiger partial charge in [0.2, 0.25) is 0 Å². The fourth-order valence-corrected chi connectivity index (χ4v) is 1.60. The number of ether oxygens (including phenoxy) is 1. The van der Waals surface area contributed by atoms with Crippen LogP contribution in [-0.4, -0.2) is 9.97 Å². The molecule has 74 valence electrons. The van der Waals surface area contributed by atoms with Gasteiger partial charge in [0, 0.05) is 29.2 Å². The maximum absolute atomic E-state index is 5.59. The Kier molecular flexibility index (Phi) is 1.75. The number of para-hydroxylation sites is 1. The SMILES string of the molecule is c1c[nH]c(Oc2cc3ccccc3[nH]2)c1. The fraction of sp³-hybridized carbons (Fsp3) is 0. The van der Waals surface area contributed by atoms with Crippen molar-refractivity contribution in [3.63, 3.8) is 0 Å². The molecule has 0 aliphatic carbocycles. The van der Waals surface area contributed by atoms with Crippen LogP contribution in [0.4, 0.5) is 0 Å². The van der Waals surface area contributed by atoms with Crippen LogP contribution in [0.5, 0.6) is 11.8 Å². The molecule has 0 saturated carbocycles. The van der Waals surface area contributed by atoms with Crippen molar-refractivity contribution in [3.8, 4) is 11.8 Å². The Morgan fingerprint density at radius 1 is 0.933 bits per heavy atom. The Balaban J connectivity index is 1.98. The van der Waals surface area contributed by atoms with Gasteiger partial charge in [0.05, 0.1) is 0 Å². The number of aromatic nitrogens is 2. The van der Waals surface area contributed by atoms with Crippen molar-refractivity contribution in [1.29, 1.82) is 0 Å². The summed E-state index contributed by atoms with van der Waals surface area (Å²) in [6.45, 7) is 0. The summed E-state index contributed by atoms with van der Waals surface area (Å²) in [7, 11) is 0. The van der Waals surface area contributed by atoms with Gasteiger partial charge in [0.1, 0.15) is 0 Å². The summed E-state index contributed by atoms with van der Waals surface area (Å²) in [5, 5.41) is 1.15. The maximum atomic E-state index is 5.59. The molecule has 0 aliphatic heterocycles. The van der Waals surface area contributed by atoms with E-state index in [1.165, 1.54) is 0 Å². The minimum atomic E-state index is 0.738. The Morgan fingerprint density at radius 3 is 2.67 bits per heavy atom. The molecule has 15 heavy (non-hydrogen) atoms. The van der Waals surface area contributed by atoms with Crippen LogP contribution in [0.25, 0.3) is 10.9 Å². The van der Waals surface area contributed by atoms with Gasteiger partial charge < -0.3 is 14.7 Å². The normalized spacial score (nSPS) is 10.7. The molecule has 3 aromatic rings. The molecule has 2 heterocycles. The van der Waals surface area contributed by atoms with Gasteiger partial charge >= 0.3 is 0 Å². The standard InChI is InChI=1S/C12H10N2O/c1-2-5-10-9(4-1)8-12(14-10)15-11-6-3-7-13-11/h1-8,13-14H. The molecule has 0 bridgehead atoms. The van der Waals surface area contributed by atoms with Crippen molar-refractivity contribution < 1.29 is 4.74 Å². The van der Waals surface area contributed by atoms with Gasteiger partial charge in [-0.3, -0.25) is 0 Å². The van der Waals surface area contributed by atoms with Crippen LogP contribution < -0.4 is 4.74 Å². The minimum absolute atomic E-state index is 0.738. The average molecular weight is 198 g/mol. The van der Waals surface area contributed by atoms with Crippen molar-refractivity contribution in [2.75, 3.05) is 0 Å². The van der Waals surface area contributed by atoms with Crippen LogP contribution in [0.2, 0.25) is 0 Å². The van der Waals surface area contributed by atoms with Gasteiger partial charge in [-0.1, -0.05) is 18.2 Å². The molecular formula is C12H10N2O. The van der Waals surface area contributed by atoms with Gasteiger partial charge in [-0.2, -0.15) is 0 Å². The summed E-state index contributed by atoms with van der Waals surface area (Å²) < 4.78 is 5.59. The number of hydrogen-bond donors (Lipinski definition) is 2. The molecule has 1 aromatic carbocycles. The third kappa shape index (κ3) is 1.48. The molecule has 2 aromatic heterocycles. The molecule has 0 radical (unpaired) electrons. The molecule has 3 rings (SSSR count). The summed E-state index contributed by atoms with van der Waals surface area (Å²) in [5.41, 5.74) is 1.08. The zero-order valence-corrected chi connectivity index (χ0v) is 8.03. The molecule has 3 heteroatoms. The molecule has 0 atom stereocenters. The van der Waals surface area contributed by atoms with Crippen molar-refractivity contribution in [3.05, 3.63) is 48.7 Å². The second kappa shape index (κ2) is 3.20. The van der Waals surface area contributed by atoms with E-state index in [0.29, 0.717) is 0 Å². The van der Waals surface area contributed by atoms with Crippen molar-refractivity contribution in [2.45, 2.75) is 0 Å². The lowest BCUT2D eigenvalue weighted by molar-refractivity contribution is 0.452. The molecule has 0 unspecified atom stereocenters. The van der Waals surface area contributed by atoms with Crippen molar-refractivity contribution in [2.24, 2.45) is 0 Å². The molecule has 0 fully saturated rings. The van der Waals surface area contributed by atoms with Gasteiger partial charge in [-0.05, 0) is 12.1 Å². The van der Waals surface area contributed by atoms with E-state index < -0.39 is 0 Å². The molecule has 0 saturated heterocycles. The first-order chi connectivity index (χ1) is 7.42. The number of rotatable bonds is 2. The summed E-state index contributed by atoms with van der Waals surface area (Å²) in [4.78, 5) is 6.18. The Labute approximate surface area is 86.7 Å². The zero-order chi connectivity index (χ0) is 10.1.